The van der Waals surface area contributed by atoms with E-state index in [0.29, 0.717) is 31.6 Å². The van der Waals surface area contributed by atoms with Crippen LogP contribution >= 0.6 is 11.3 Å². The van der Waals surface area contributed by atoms with Gasteiger partial charge in [0.15, 0.2) is 0 Å². The number of nitrogens with zero attached hydrogens (tertiary/aromatic N) is 2. The second-order valence-electron chi connectivity index (χ2n) is 8.45. The zero-order valence-corrected chi connectivity index (χ0v) is 18.8. The molecule has 5 rings (SSSR count). The first-order valence-electron chi connectivity index (χ1n) is 11.0. The van der Waals surface area contributed by atoms with E-state index in [1.54, 1.807) is 16.2 Å². The molecule has 0 spiro atoms. The standard InChI is InChI=1S/C24H27N3O4S.H2/c1-16-2-7-21(23(28)25-16)27-13-19-20(24(27)29)15-32-22(19)14-31-18-5-3-17(4-6-18)12-26-8-10-30-11-9-26;/h3-6,15,21H,1-2,7-14H2,(H,25,28);1H/t21-;/m0./s1. The first-order valence-corrected chi connectivity index (χ1v) is 11.9. The molecule has 0 saturated carbocycles. The van der Waals surface area contributed by atoms with Gasteiger partial charge in [-0.2, -0.15) is 0 Å². The molecule has 170 valence electrons. The minimum atomic E-state index is -0.432. The summed E-state index contributed by atoms with van der Waals surface area (Å²) in [5, 5.41) is 4.67. The van der Waals surface area contributed by atoms with Gasteiger partial charge in [0.2, 0.25) is 5.91 Å². The molecule has 1 N–H and O–H groups in total. The lowest BCUT2D eigenvalue weighted by atomic mass is 10.0. The Morgan fingerprint density at radius 2 is 2.00 bits per heavy atom. The van der Waals surface area contributed by atoms with Gasteiger partial charge in [0.05, 0.1) is 18.8 Å². The molecule has 32 heavy (non-hydrogen) atoms. The van der Waals surface area contributed by atoms with E-state index in [-0.39, 0.29) is 13.2 Å². The van der Waals surface area contributed by atoms with Gasteiger partial charge in [0, 0.05) is 49.1 Å². The Labute approximate surface area is 193 Å². The number of morpholine rings is 1. The Hall–Kier alpha value is -2.68. The summed E-state index contributed by atoms with van der Waals surface area (Å²) in [7, 11) is 0. The monoisotopic (exact) mass is 455 g/mol. The van der Waals surface area contributed by atoms with Crippen LogP contribution in [0.4, 0.5) is 0 Å². The van der Waals surface area contributed by atoms with E-state index in [2.05, 4.69) is 28.9 Å². The second-order valence-corrected chi connectivity index (χ2v) is 9.42. The molecule has 0 unspecified atom stereocenters. The number of ether oxygens (including phenoxy) is 2. The summed E-state index contributed by atoms with van der Waals surface area (Å²) in [6, 6.07) is 7.77. The summed E-state index contributed by atoms with van der Waals surface area (Å²) >= 11 is 1.55. The summed E-state index contributed by atoms with van der Waals surface area (Å²) in [5.74, 6) is 0.602. The smallest absolute Gasteiger partial charge is 0.256 e. The largest absolute Gasteiger partial charge is 0.488 e. The number of allylic oxidation sites excluding steroid dienone is 1. The summed E-state index contributed by atoms with van der Waals surface area (Å²) in [4.78, 5) is 30.4. The van der Waals surface area contributed by atoms with Gasteiger partial charge in [-0.25, -0.2) is 0 Å². The Kier molecular flexibility index (Phi) is 5.99. The summed E-state index contributed by atoms with van der Waals surface area (Å²) in [6.45, 7) is 9.14. The number of nitrogens with one attached hydrogen (secondary N) is 1. The third-order valence-corrected chi connectivity index (χ3v) is 7.30. The van der Waals surface area contributed by atoms with Gasteiger partial charge in [0.1, 0.15) is 18.4 Å². The number of carbonyl (C=O) groups is 2. The fraction of sp³-hybridized carbons (Fsp3) is 0.417. The van der Waals surface area contributed by atoms with Crippen molar-refractivity contribution in [1.82, 2.24) is 15.1 Å². The van der Waals surface area contributed by atoms with Gasteiger partial charge in [-0.1, -0.05) is 18.7 Å². The highest BCUT2D eigenvalue weighted by molar-refractivity contribution is 7.10. The number of rotatable bonds is 6. The van der Waals surface area contributed by atoms with E-state index in [1.807, 2.05) is 17.5 Å². The van der Waals surface area contributed by atoms with Crippen molar-refractivity contribution in [3.8, 4) is 5.75 Å². The topological polar surface area (TPSA) is 71.1 Å². The van der Waals surface area contributed by atoms with Crippen molar-refractivity contribution in [3.63, 3.8) is 0 Å². The van der Waals surface area contributed by atoms with Crippen LogP contribution in [0.5, 0.6) is 5.75 Å². The number of hydrogen-bond donors (Lipinski definition) is 1. The molecule has 2 aromatic rings. The molecule has 0 radical (unpaired) electrons. The molecular formula is C24H29N3O4S. The van der Waals surface area contributed by atoms with Gasteiger partial charge >= 0.3 is 0 Å². The highest BCUT2D eigenvalue weighted by Crippen LogP contribution is 2.34. The minimum Gasteiger partial charge on any atom is -0.488 e. The van der Waals surface area contributed by atoms with Crippen LogP contribution in [-0.4, -0.2) is 54.0 Å². The Bertz CT molecular complexity index is 1030. The third kappa shape index (κ3) is 4.30. The maximum Gasteiger partial charge on any atom is 0.256 e. The molecule has 2 fully saturated rings. The number of fused-ring (bicyclic) bond motifs is 1. The maximum atomic E-state index is 12.9. The van der Waals surface area contributed by atoms with Crippen LogP contribution in [0, 0.1) is 0 Å². The molecule has 2 saturated heterocycles. The average Bonchev–Trinajstić information content (AvgIpc) is 3.34. The molecular weight excluding hydrogens is 426 g/mol. The second kappa shape index (κ2) is 9.05. The summed E-state index contributed by atoms with van der Waals surface area (Å²) in [5.41, 5.74) is 3.66. The van der Waals surface area contributed by atoms with Crippen LogP contribution in [0.15, 0.2) is 41.9 Å². The van der Waals surface area contributed by atoms with Gasteiger partial charge in [-0.3, -0.25) is 14.5 Å². The van der Waals surface area contributed by atoms with Crippen molar-refractivity contribution in [2.24, 2.45) is 0 Å². The number of amides is 2. The fourth-order valence-corrected chi connectivity index (χ4v) is 5.41. The maximum absolute atomic E-state index is 12.9. The van der Waals surface area contributed by atoms with E-state index in [9.17, 15) is 9.59 Å². The Morgan fingerprint density at radius 3 is 2.75 bits per heavy atom. The molecule has 1 aromatic heterocycles. The van der Waals surface area contributed by atoms with Crippen molar-refractivity contribution in [1.29, 1.82) is 0 Å². The molecule has 7 nitrogen and oxygen atoms in total. The molecule has 8 heteroatoms. The van der Waals surface area contributed by atoms with Gasteiger partial charge in [0.25, 0.3) is 5.91 Å². The van der Waals surface area contributed by atoms with Gasteiger partial charge in [-0.15, -0.1) is 11.3 Å². The van der Waals surface area contributed by atoms with E-state index in [4.69, 9.17) is 9.47 Å². The number of hydrogen-bond acceptors (Lipinski definition) is 6. The lowest BCUT2D eigenvalue weighted by Crippen LogP contribution is -2.49. The predicted molar refractivity (Wildman–Crippen MR) is 123 cm³/mol. The van der Waals surface area contributed by atoms with Crippen molar-refractivity contribution in [3.05, 3.63) is 63.5 Å². The molecule has 4 heterocycles. The van der Waals surface area contributed by atoms with E-state index >= 15 is 0 Å². The summed E-state index contributed by atoms with van der Waals surface area (Å²) in [6.07, 6.45) is 1.32. The summed E-state index contributed by atoms with van der Waals surface area (Å²) < 4.78 is 11.4. The molecule has 3 aliphatic heterocycles. The van der Waals surface area contributed by atoms with Gasteiger partial charge in [-0.05, 0) is 30.5 Å². The molecule has 2 amide bonds. The van der Waals surface area contributed by atoms with Crippen LogP contribution < -0.4 is 10.1 Å². The number of thiophene rings is 1. The molecule has 1 atom stereocenters. The van der Waals surface area contributed by atoms with Crippen LogP contribution in [0.25, 0.3) is 0 Å². The van der Waals surface area contributed by atoms with Crippen LogP contribution in [0.1, 0.15) is 40.6 Å². The number of piperidine rings is 1. The van der Waals surface area contributed by atoms with E-state index < -0.39 is 6.04 Å². The number of carbonyl (C=O) groups excluding carboxylic acids is 2. The predicted octanol–water partition coefficient (Wildman–Crippen LogP) is 3.15. The van der Waals surface area contributed by atoms with Gasteiger partial charge < -0.3 is 19.7 Å². The van der Waals surface area contributed by atoms with Crippen molar-refractivity contribution < 1.29 is 20.5 Å². The number of benzene rings is 1. The van der Waals surface area contributed by atoms with Crippen LogP contribution in [0.2, 0.25) is 0 Å². The van der Waals surface area contributed by atoms with Crippen LogP contribution in [0.3, 0.4) is 0 Å². The zero-order chi connectivity index (χ0) is 22.1. The quantitative estimate of drug-likeness (QED) is 0.725. The molecule has 0 bridgehead atoms. The van der Waals surface area contributed by atoms with Crippen LogP contribution in [-0.2, 0) is 29.2 Å². The van der Waals surface area contributed by atoms with Crippen molar-refractivity contribution in [2.45, 2.75) is 38.6 Å². The normalized spacial score (nSPS) is 21.6. The Morgan fingerprint density at radius 1 is 1.22 bits per heavy atom. The van der Waals surface area contributed by atoms with Crippen molar-refractivity contribution >= 4 is 23.2 Å². The highest BCUT2D eigenvalue weighted by Gasteiger charge is 2.39. The SMILES string of the molecule is C=C1CC[C@H](N2Cc3c(csc3COc3ccc(CN4CCOCC4)cc3)C2=O)C(=O)N1.[HH]. The van der Waals surface area contributed by atoms with Crippen molar-refractivity contribution in [2.75, 3.05) is 26.3 Å². The molecule has 0 aliphatic carbocycles. The highest BCUT2D eigenvalue weighted by atomic mass is 32.1. The lowest BCUT2D eigenvalue weighted by molar-refractivity contribution is -0.126. The fourth-order valence-electron chi connectivity index (χ4n) is 4.46. The first kappa shape index (κ1) is 21.2. The van der Waals surface area contributed by atoms with E-state index in [1.165, 1.54) is 5.56 Å². The lowest BCUT2D eigenvalue weighted by Gasteiger charge is -2.31. The third-order valence-electron chi connectivity index (χ3n) is 6.30. The Balaban J connectivity index is 0.00000259. The molecule has 3 aliphatic rings. The zero-order valence-electron chi connectivity index (χ0n) is 18.0. The average molecular weight is 456 g/mol. The van der Waals surface area contributed by atoms with E-state index in [0.717, 1.165) is 54.7 Å². The minimum absolute atomic E-state index is 0. The molecule has 1 aromatic carbocycles. The first-order chi connectivity index (χ1) is 15.6.